The van der Waals surface area contributed by atoms with Crippen LogP contribution in [0.3, 0.4) is 0 Å². The molecule has 1 aromatic rings. The Balaban J connectivity index is 0.00000676. The molecule has 9 nitrogen and oxygen atoms in total. The van der Waals surface area contributed by atoms with Crippen LogP contribution in [0, 0.1) is 5.92 Å². The number of carboxylic acids is 1. The van der Waals surface area contributed by atoms with Crippen molar-refractivity contribution in [2.75, 3.05) is 13.1 Å². The number of benzene rings is 1. The molecule has 1 rings (SSSR count). The summed E-state index contributed by atoms with van der Waals surface area (Å²) in [5.74, 6) is -3.70. The quantitative estimate of drug-likeness (QED) is 0.0990. The molecule has 0 aliphatic rings. The van der Waals surface area contributed by atoms with Crippen molar-refractivity contribution < 1.29 is 36.6 Å². The van der Waals surface area contributed by atoms with Crippen LogP contribution in [0.15, 0.2) is 35.3 Å². The van der Waals surface area contributed by atoms with Crippen molar-refractivity contribution in [1.82, 2.24) is 5.32 Å². The first-order valence-electron chi connectivity index (χ1n) is 8.20. The van der Waals surface area contributed by atoms with Crippen LogP contribution in [-0.2, 0) is 37.9 Å². The van der Waals surface area contributed by atoms with Gasteiger partial charge in [-0.25, -0.2) is 0 Å². The van der Waals surface area contributed by atoms with E-state index in [-0.39, 0.29) is 49.0 Å². The Kier molecular flexibility index (Phi) is 11.7. The van der Waals surface area contributed by atoms with E-state index in [1.165, 1.54) is 0 Å². The minimum absolute atomic E-state index is 0. The normalized spacial score (nSPS) is 12.2. The zero-order valence-electron chi connectivity index (χ0n) is 14.7. The van der Waals surface area contributed by atoms with Gasteiger partial charge in [0.15, 0.2) is 11.7 Å². The minimum Gasteiger partial charge on any atom is -0.481 e. The zero-order chi connectivity index (χ0) is 19.5. The Morgan fingerprint density at radius 2 is 1.78 bits per heavy atom. The van der Waals surface area contributed by atoms with E-state index in [0.29, 0.717) is 6.42 Å². The van der Waals surface area contributed by atoms with Gasteiger partial charge in [0, 0.05) is 6.54 Å². The second-order valence-corrected chi connectivity index (χ2v) is 5.76. The van der Waals surface area contributed by atoms with Gasteiger partial charge in [-0.2, -0.15) is 0 Å². The molecule has 1 radical (unpaired) electrons. The molecule has 0 saturated heterocycles. The van der Waals surface area contributed by atoms with Gasteiger partial charge in [-0.3, -0.25) is 19.4 Å². The van der Waals surface area contributed by atoms with Crippen LogP contribution in [0.25, 0.3) is 0 Å². The zero-order valence-corrected chi connectivity index (χ0v) is 15.7. The number of hydrogen-bond donors (Lipinski definition) is 5. The first-order valence-corrected chi connectivity index (χ1v) is 8.20. The molecule has 0 saturated carbocycles. The Morgan fingerprint density at radius 3 is 2.30 bits per heavy atom. The van der Waals surface area contributed by atoms with Gasteiger partial charge in [-0.15, -0.1) is 0 Å². The van der Waals surface area contributed by atoms with Crippen molar-refractivity contribution in [2.24, 2.45) is 28.1 Å². The third-order valence-corrected chi connectivity index (χ3v) is 3.73. The van der Waals surface area contributed by atoms with E-state index in [0.717, 1.165) is 5.56 Å². The Labute approximate surface area is 168 Å². The first kappa shape index (κ1) is 24.6. The maximum Gasteiger partial charge on any atom is 2.00 e. The van der Waals surface area contributed by atoms with Crippen molar-refractivity contribution in [1.29, 1.82) is 0 Å². The summed E-state index contributed by atoms with van der Waals surface area (Å²) >= 11 is 0. The summed E-state index contributed by atoms with van der Waals surface area (Å²) in [6, 6.07) is 7.86. The number of Topliss-reactive ketones (excluding diaryl/α,β-unsaturated/α-hetero) is 1. The molecule has 151 valence electrons. The second kappa shape index (κ2) is 12.9. The fraction of sp³-hybridized carbons (Fsp3) is 0.412. The van der Waals surface area contributed by atoms with Gasteiger partial charge in [0.25, 0.3) is 0 Å². The number of hydrogen-bond acceptors (Lipinski definition) is 5. The van der Waals surface area contributed by atoms with Gasteiger partial charge >= 0.3 is 23.0 Å². The predicted octanol–water partition coefficient (Wildman–Crippen LogP) is -1.01. The van der Waals surface area contributed by atoms with Crippen molar-refractivity contribution >= 4 is 23.6 Å². The maximum atomic E-state index is 12.7. The molecule has 1 amide bonds. The van der Waals surface area contributed by atoms with Crippen molar-refractivity contribution in [2.45, 2.75) is 25.3 Å². The van der Waals surface area contributed by atoms with Crippen LogP contribution in [-0.4, -0.2) is 47.9 Å². The van der Waals surface area contributed by atoms with E-state index in [2.05, 4.69) is 10.3 Å². The molecule has 0 aliphatic heterocycles. The molecule has 2 unspecified atom stereocenters. The summed E-state index contributed by atoms with van der Waals surface area (Å²) in [4.78, 5) is 39.8. The van der Waals surface area contributed by atoms with Gasteiger partial charge in [0.1, 0.15) is 5.92 Å². The summed E-state index contributed by atoms with van der Waals surface area (Å²) in [6.07, 6.45) is 0.647. The summed E-state index contributed by atoms with van der Waals surface area (Å²) < 4.78 is 0. The summed E-state index contributed by atoms with van der Waals surface area (Å²) in [5.41, 5.74) is 16.5. The van der Waals surface area contributed by atoms with Crippen LogP contribution in [0.4, 0.5) is 0 Å². The predicted molar refractivity (Wildman–Crippen MR) is 97.2 cm³/mol. The van der Waals surface area contributed by atoms with E-state index in [9.17, 15) is 19.5 Å². The fourth-order valence-corrected chi connectivity index (χ4v) is 2.44. The van der Waals surface area contributed by atoms with Gasteiger partial charge < -0.3 is 27.6 Å². The minimum atomic E-state index is -1.27. The van der Waals surface area contributed by atoms with Crippen LogP contribution in [0.5, 0.6) is 0 Å². The van der Waals surface area contributed by atoms with E-state index < -0.39 is 29.6 Å². The maximum absolute atomic E-state index is 12.7. The topological polar surface area (TPSA) is 174 Å². The largest absolute Gasteiger partial charge is 2.00 e. The summed E-state index contributed by atoms with van der Waals surface area (Å²) in [5, 5.41) is 12.0. The molecule has 0 aromatic heterocycles. The van der Waals surface area contributed by atoms with E-state index in [1.54, 1.807) is 30.3 Å². The van der Waals surface area contributed by atoms with Gasteiger partial charge in [-0.1, -0.05) is 30.3 Å². The van der Waals surface area contributed by atoms with E-state index >= 15 is 0 Å². The van der Waals surface area contributed by atoms with E-state index in [1.807, 2.05) is 0 Å². The molecule has 0 heterocycles. The number of nitrogens with zero attached hydrogens (tertiary/aromatic N) is 1. The van der Waals surface area contributed by atoms with Gasteiger partial charge in [0.2, 0.25) is 5.91 Å². The number of nitrogens with one attached hydrogen (secondary N) is 1. The average Bonchev–Trinajstić information content (AvgIpc) is 2.61. The molecule has 0 aliphatic carbocycles. The summed E-state index contributed by atoms with van der Waals surface area (Å²) in [7, 11) is 0. The number of carboxylic acid groups (broad SMARTS) is 1. The fourth-order valence-electron chi connectivity index (χ4n) is 2.44. The Morgan fingerprint density at radius 1 is 1.15 bits per heavy atom. The number of carbonyl (C=O) groups is 3. The number of nitrogens with two attached hydrogens (primary N) is 3. The third kappa shape index (κ3) is 9.18. The first-order chi connectivity index (χ1) is 12.3. The molecule has 0 spiro atoms. The van der Waals surface area contributed by atoms with Crippen molar-refractivity contribution in [3.05, 3.63) is 35.9 Å². The third-order valence-electron chi connectivity index (χ3n) is 3.73. The second-order valence-electron chi connectivity index (χ2n) is 5.76. The Hall–Kier alpha value is -2.42. The average molecular weight is 427 g/mol. The molecule has 27 heavy (non-hydrogen) atoms. The molecule has 0 fully saturated rings. The smallest absolute Gasteiger partial charge is 0.481 e. The van der Waals surface area contributed by atoms with Gasteiger partial charge in [-0.05, 0) is 24.8 Å². The van der Waals surface area contributed by atoms with Crippen LogP contribution in [0.1, 0.15) is 18.4 Å². The standard InChI is InChI=1S/C17H25N5O4.Cu/c18-10-14(23)22-13(7-4-8-21-17(19)20)15(24)12(16(25)26)9-11-5-2-1-3-6-11;/h1-3,5-6,12-13H,4,7-10,18H2,(H,22,23)(H,25,26)(H4,19,20,21);/q;+2. The van der Waals surface area contributed by atoms with E-state index in [4.69, 9.17) is 17.2 Å². The molecular weight excluding hydrogens is 402 g/mol. The van der Waals surface area contributed by atoms with Crippen LogP contribution >= 0.6 is 0 Å². The number of amides is 1. The van der Waals surface area contributed by atoms with Crippen molar-refractivity contribution in [3.8, 4) is 0 Å². The van der Waals surface area contributed by atoms with Crippen LogP contribution < -0.4 is 22.5 Å². The summed E-state index contributed by atoms with van der Waals surface area (Å²) in [6.45, 7) is -0.0326. The van der Waals surface area contributed by atoms with Crippen LogP contribution in [0.2, 0.25) is 0 Å². The monoisotopic (exact) mass is 426 g/mol. The number of aliphatic carboxylic acids is 1. The SMILES string of the molecule is NCC(=O)NC(CCCN=C(N)N)C(=O)C(Cc1ccccc1)C(=O)O.[Cu+2]. The number of ketones is 1. The number of aliphatic imine (C=N–C) groups is 1. The molecule has 0 bridgehead atoms. The molecule has 1 aromatic carbocycles. The molecule has 10 heteroatoms. The Bertz CT molecular complexity index is 650. The number of carbonyl (C=O) groups excluding carboxylic acids is 2. The molecule has 8 N–H and O–H groups in total. The molecular formula is C17H25CuN5O4+2. The molecule has 2 atom stereocenters. The van der Waals surface area contributed by atoms with Gasteiger partial charge in [0.05, 0.1) is 12.6 Å². The number of rotatable bonds is 11. The van der Waals surface area contributed by atoms with Crippen molar-refractivity contribution in [3.63, 3.8) is 0 Å². The number of guanidine groups is 1.